The molecule has 5 heterocycles. The predicted octanol–water partition coefficient (Wildman–Crippen LogP) is 34.0. The van der Waals surface area contributed by atoms with Gasteiger partial charge in [-0.3, -0.25) is 0 Å². The number of nitrogens with zero attached hydrogens (tertiary/aromatic N) is 2. The van der Waals surface area contributed by atoms with Crippen LogP contribution in [0.15, 0.2) is 48.5 Å². The van der Waals surface area contributed by atoms with E-state index in [0.29, 0.717) is 0 Å². The molecule has 0 unspecified atom stereocenters. The lowest BCUT2D eigenvalue weighted by Crippen LogP contribution is -2.28. The Morgan fingerprint density at radius 1 is 0.291 bits per heavy atom. The molecule has 4 nitrogen and oxygen atoms in total. The summed E-state index contributed by atoms with van der Waals surface area (Å²) in [6.45, 7) is 13.9. The molecule has 0 saturated carbocycles. The van der Waals surface area contributed by atoms with Gasteiger partial charge in [0.15, 0.2) is 0 Å². The number of thiophene rings is 4. The van der Waals surface area contributed by atoms with E-state index in [2.05, 4.69) is 127 Å². The lowest BCUT2D eigenvalue weighted by molar-refractivity contribution is 0.349. The van der Waals surface area contributed by atoms with E-state index < -0.39 is 0 Å². The van der Waals surface area contributed by atoms with Gasteiger partial charge < -0.3 is 9.47 Å². The quantitative estimate of drug-likeness (QED) is 0.0357. The maximum absolute atomic E-state index is 7.42. The molecule has 0 atom stereocenters. The van der Waals surface area contributed by atoms with Crippen molar-refractivity contribution in [2.75, 3.05) is 14.2 Å². The van der Waals surface area contributed by atoms with Crippen molar-refractivity contribution in [3.05, 3.63) is 80.5 Å². The lowest BCUT2D eigenvalue weighted by atomic mass is 9.67. The predicted molar refractivity (Wildman–Crippen MR) is 461 cm³/mol. The highest BCUT2D eigenvalue weighted by molar-refractivity contribution is 7.25. The lowest BCUT2D eigenvalue weighted by Gasteiger charge is -2.37. The van der Waals surface area contributed by atoms with Crippen LogP contribution in [0.25, 0.3) is 62.6 Å². The van der Waals surface area contributed by atoms with Gasteiger partial charge in [0.05, 0.1) is 25.9 Å². The van der Waals surface area contributed by atoms with E-state index in [1.165, 1.54) is 442 Å². The maximum atomic E-state index is 7.42. The average molecular weight is 1490 g/mol. The summed E-state index contributed by atoms with van der Waals surface area (Å²) in [4.78, 5) is 11.0. The highest BCUT2D eigenvalue weighted by Crippen LogP contribution is 2.71. The Morgan fingerprint density at radius 3 is 0.903 bits per heavy atom. The summed E-state index contributed by atoms with van der Waals surface area (Å²) in [6, 6.07) is 19.3. The molecule has 2 aliphatic carbocycles. The first-order chi connectivity index (χ1) is 50.8. The first kappa shape index (κ1) is 83.7. The van der Waals surface area contributed by atoms with Crippen molar-refractivity contribution >= 4 is 68.1 Å². The van der Waals surface area contributed by atoms with Gasteiger partial charge in [-0.05, 0) is 87.1 Å². The smallest absolute Gasteiger partial charge is 0.132 e. The number of methoxy groups -OCH3 is 2. The van der Waals surface area contributed by atoms with Crippen molar-refractivity contribution in [2.45, 2.75) is 412 Å². The van der Waals surface area contributed by atoms with Crippen LogP contribution in [0.5, 0.6) is 11.5 Å². The van der Waals surface area contributed by atoms with Crippen LogP contribution in [0.4, 0.5) is 0 Å². The number of hydrogen-bond acceptors (Lipinski definition) is 9. The summed E-state index contributed by atoms with van der Waals surface area (Å²) in [6.07, 6.45) is 76.1. The first-order valence-electron chi connectivity index (χ1n) is 43.8. The number of unbranched alkanes of at least 4 members (excludes halogenated alkanes) is 48. The molecule has 0 spiro atoms. The SMILES string of the molecule is CCCCCCCCCCCCCCCC1(CCCCCCCCCCCCCCC)c2cc(C)sc2-c2c(OC)c3c(c(OC)c21)-c1sc(-c2ccc(-c4ccc(-c5ccc(C)s5)c5nsnc45)s2)cc1C3(CCCCCCCCCCCCCCC)CCCCCCCCCCCCCCC. The Morgan fingerprint density at radius 2 is 0.583 bits per heavy atom. The summed E-state index contributed by atoms with van der Waals surface area (Å²) in [5, 5.41) is 0. The number of rotatable bonds is 61. The van der Waals surface area contributed by atoms with E-state index in [4.69, 9.17) is 18.2 Å². The average Bonchev–Trinajstić information content (AvgIpc) is 1.51. The fourth-order valence-electron chi connectivity index (χ4n) is 18.4. The Hall–Kier alpha value is -3.34. The molecule has 0 aliphatic heterocycles. The van der Waals surface area contributed by atoms with E-state index in [0.717, 1.165) is 23.9 Å². The minimum absolute atomic E-state index is 0.134. The summed E-state index contributed by atoms with van der Waals surface area (Å²) in [5.41, 5.74) is 13.1. The van der Waals surface area contributed by atoms with Gasteiger partial charge in [-0.1, -0.05) is 374 Å². The van der Waals surface area contributed by atoms with Gasteiger partial charge in [0.2, 0.25) is 0 Å². The number of benzene rings is 2. The van der Waals surface area contributed by atoms with Gasteiger partial charge in [-0.2, -0.15) is 8.75 Å². The monoisotopic (exact) mass is 1490 g/mol. The summed E-state index contributed by atoms with van der Waals surface area (Å²) >= 11 is 9.28. The van der Waals surface area contributed by atoms with Crippen LogP contribution in [-0.4, -0.2) is 23.0 Å². The van der Waals surface area contributed by atoms with Crippen molar-refractivity contribution in [3.8, 4) is 63.0 Å². The highest BCUT2D eigenvalue weighted by atomic mass is 32.1. The Labute approximate surface area is 651 Å². The van der Waals surface area contributed by atoms with Gasteiger partial charge in [-0.15, -0.1) is 45.3 Å². The van der Waals surface area contributed by atoms with Crippen LogP contribution >= 0.6 is 57.1 Å². The number of aryl methyl sites for hydroxylation is 2. The Kier molecular flexibility index (Phi) is 38.1. The number of fused-ring (bicyclic) bond motifs is 7. The van der Waals surface area contributed by atoms with E-state index in [1.807, 2.05) is 22.7 Å². The molecule has 9 rings (SSSR count). The molecule has 0 radical (unpaired) electrons. The fraction of sp³-hybridized carbons (Fsp3) is 0.702. The third-order valence-electron chi connectivity index (χ3n) is 24.2. The van der Waals surface area contributed by atoms with Gasteiger partial charge in [0, 0.05) is 83.2 Å². The molecule has 9 heteroatoms. The van der Waals surface area contributed by atoms with E-state index in [1.54, 1.807) is 11.1 Å². The number of hydrogen-bond donors (Lipinski definition) is 0. The van der Waals surface area contributed by atoms with Gasteiger partial charge in [0.25, 0.3) is 0 Å². The van der Waals surface area contributed by atoms with Crippen LogP contribution in [-0.2, 0) is 10.8 Å². The van der Waals surface area contributed by atoms with Crippen LogP contribution in [0.3, 0.4) is 0 Å². The van der Waals surface area contributed by atoms with E-state index in [-0.39, 0.29) is 10.8 Å². The zero-order valence-electron chi connectivity index (χ0n) is 67.0. The molecule has 0 bridgehead atoms. The largest absolute Gasteiger partial charge is 0.496 e. The minimum atomic E-state index is -0.195. The third-order valence-corrected chi connectivity index (χ3v) is 29.3. The molecule has 5 aromatic heterocycles. The van der Waals surface area contributed by atoms with Crippen LogP contribution < -0.4 is 9.47 Å². The second-order valence-electron chi connectivity index (χ2n) is 32.4. The normalized spacial score (nSPS) is 13.4. The molecule has 572 valence electrons. The third kappa shape index (κ3) is 23.6. The van der Waals surface area contributed by atoms with Crippen molar-refractivity contribution in [1.82, 2.24) is 8.75 Å². The standard InChI is InChI=1S/C94H144N2O2S5/c1-9-13-17-21-25-29-33-37-41-45-49-53-57-67-93(68-58-54-50-46-42-38-34-30-26-22-18-14-10-2)77-71-74(6)100-91(77)83-85(93)90(98-8)84-86(89(83)97-7)94(69-59-55-51-47-43-39-35-31-27-23-19-15-11-3,70-60-56-52-48-44-40-36-32-28-24-20-16-12-4)78-72-82(102-92(78)84)81-66-65-80(101-81)76-63-62-75(79-64-61-73(5)99-79)87-88(76)96-103-95-87/h61-66,71-72H,9-60,67-70H2,1-8H3. The van der Waals surface area contributed by atoms with Gasteiger partial charge in [0.1, 0.15) is 22.5 Å². The van der Waals surface area contributed by atoms with Crippen molar-refractivity contribution in [2.24, 2.45) is 0 Å². The van der Waals surface area contributed by atoms with Crippen molar-refractivity contribution in [3.63, 3.8) is 0 Å². The maximum Gasteiger partial charge on any atom is 0.132 e. The fourth-order valence-corrected chi connectivity index (χ4v) is 23.4. The van der Waals surface area contributed by atoms with Crippen LogP contribution in [0.2, 0.25) is 0 Å². The minimum Gasteiger partial charge on any atom is -0.496 e. The number of aromatic nitrogens is 2. The molecule has 7 aromatic rings. The molecule has 103 heavy (non-hydrogen) atoms. The molecule has 2 aromatic carbocycles. The second-order valence-corrected chi connectivity index (χ2v) is 37.6. The van der Waals surface area contributed by atoms with E-state index >= 15 is 0 Å². The molecular weight excluding hydrogens is 1350 g/mol. The topological polar surface area (TPSA) is 44.2 Å². The second kappa shape index (κ2) is 46.9. The Bertz CT molecular complexity index is 3400. The summed E-state index contributed by atoms with van der Waals surface area (Å²) in [7, 11) is 4.13. The highest BCUT2D eigenvalue weighted by Gasteiger charge is 2.55. The molecule has 0 amide bonds. The zero-order valence-corrected chi connectivity index (χ0v) is 71.1. The molecule has 2 aliphatic rings. The van der Waals surface area contributed by atoms with Crippen LogP contribution in [0, 0.1) is 13.8 Å². The molecule has 0 N–H and O–H groups in total. The Balaban J connectivity index is 1.07. The summed E-state index contributed by atoms with van der Waals surface area (Å²) < 4.78 is 24.8. The first-order valence-corrected chi connectivity index (χ1v) is 47.8. The van der Waals surface area contributed by atoms with Crippen LogP contribution in [0.1, 0.15) is 419 Å². The summed E-state index contributed by atoms with van der Waals surface area (Å²) in [5.74, 6) is 2.39. The number of ether oxygens (including phenoxy) is 2. The molecular formula is C94H144N2O2S5. The van der Waals surface area contributed by atoms with Crippen molar-refractivity contribution in [1.29, 1.82) is 0 Å². The van der Waals surface area contributed by atoms with Gasteiger partial charge >= 0.3 is 0 Å². The van der Waals surface area contributed by atoms with Crippen molar-refractivity contribution < 1.29 is 9.47 Å². The molecule has 0 fully saturated rings. The molecule has 0 saturated heterocycles. The van der Waals surface area contributed by atoms with Gasteiger partial charge in [-0.25, -0.2) is 0 Å². The van der Waals surface area contributed by atoms with E-state index in [9.17, 15) is 0 Å². The zero-order chi connectivity index (χ0) is 72.2.